The summed E-state index contributed by atoms with van der Waals surface area (Å²) in [5.41, 5.74) is -1.35. The van der Waals surface area contributed by atoms with E-state index >= 15 is 0 Å². The monoisotopic (exact) mass is 481 g/mol. The molecule has 0 saturated heterocycles. The zero-order chi connectivity index (χ0) is 25.4. The second kappa shape index (κ2) is 11.8. The minimum atomic E-state index is -2.03. The number of amides is 3. The van der Waals surface area contributed by atoms with Crippen LogP contribution in [0.25, 0.3) is 0 Å². The van der Waals surface area contributed by atoms with Gasteiger partial charge in [-0.1, -0.05) is 32.9 Å². The summed E-state index contributed by atoms with van der Waals surface area (Å²) in [5.74, 6) is -1.94. The van der Waals surface area contributed by atoms with E-state index in [1.165, 1.54) is 4.90 Å². The van der Waals surface area contributed by atoms with Crippen LogP contribution in [0.5, 0.6) is 0 Å². The lowest BCUT2D eigenvalue weighted by atomic mass is 10.1. The van der Waals surface area contributed by atoms with Crippen molar-refractivity contribution in [1.29, 1.82) is 0 Å². The minimum Gasteiger partial charge on any atom is -0.479 e. The Morgan fingerprint density at radius 1 is 1.27 bits per heavy atom. The molecule has 0 radical (unpaired) electrons. The number of nitrogens with zero attached hydrogens (tertiary/aromatic N) is 1. The molecule has 0 aromatic heterocycles. The zero-order valence-corrected chi connectivity index (χ0v) is 22.2. The maximum absolute atomic E-state index is 13.1. The molecule has 3 amide bonds. The van der Waals surface area contributed by atoms with E-state index in [1.807, 2.05) is 6.08 Å². The van der Waals surface area contributed by atoms with Crippen LogP contribution in [0.4, 0.5) is 4.79 Å². The normalized spacial score (nSPS) is 21.0. The van der Waals surface area contributed by atoms with Crippen molar-refractivity contribution < 1.29 is 23.9 Å². The molecule has 0 bridgehead atoms. The van der Waals surface area contributed by atoms with E-state index in [0.717, 1.165) is 19.3 Å². The third kappa shape index (κ3) is 7.99. The predicted molar refractivity (Wildman–Crippen MR) is 134 cm³/mol. The molecule has 1 fully saturated rings. The molecule has 0 aliphatic heterocycles. The van der Waals surface area contributed by atoms with Crippen molar-refractivity contribution >= 4 is 26.2 Å². The molecule has 3 N–H and O–H groups in total. The molecule has 188 valence electrons. The van der Waals surface area contributed by atoms with Gasteiger partial charge in [0.1, 0.15) is 11.6 Å². The van der Waals surface area contributed by atoms with Crippen molar-refractivity contribution in [3.05, 3.63) is 25.3 Å². The number of rotatable bonds is 14. The molecule has 1 aliphatic rings. The van der Waals surface area contributed by atoms with Gasteiger partial charge in [-0.25, -0.2) is 9.59 Å². The summed E-state index contributed by atoms with van der Waals surface area (Å²) in [6.45, 7) is 18.8. The number of allylic oxidation sites excluding steroid dienone is 1. The van der Waals surface area contributed by atoms with Crippen molar-refractivity contribution in [2.45, 2.75) is 82.6 Å². The molecule has 0 spiro atoms. The highest BCUT2D eigenvalue weighted by Crippen LogP contribution is 2.44. The van der Waals surface area contributed by atoms with Gasteiger partial charge in [-0.15, -0.1) is 13.2 Å². The number of aliphatic carboxylic acids is 1. The predicted octanol–water partition coefficient (Wildman–Crippen LogP) is 3.91. The van der Waals surface area contributed by atoms with Gasteiger partial charge in [-0.3, -0.25) is 4.79 Å². The van der Waals surface area contributed by atoms with Crippen molar-refractivity contribution in [3.63, 3.8) is 0 Å². The molecule has 8 nitrogen and oxygen atoms in total. The molecule has 0 aromatic rings. The molecule has 33 heavy (non-hydrogen) atoms. The van der Waals surface area contributed by atoms with Crippen LogP contribution in [0, 0.1) is 5.92 Å². The number of nitrogens with one attached hydrogen (secondary N) is 2. The summed E-state index contributed by atoms with van der Waals surface area (Å²) < 4.78 is 6.20. The van der Waals surface area contributed by atoms with Gasteiger partial charge in [-0.2, -0.15) is 0 Å². The maximum atomic E-state index is 13.1. The van der Waals surface area contributed by atoms with E-state index in [9.17, 15) is 19.5 Å². The summed E-state index contributed by atoms with van der Waals surface area (Å²) in [7, 11) is -0.355. The highest BCUT2D eigenvalue weighted by molar-refractivity contribution is 6.74. The van der Waals surface area contributed by atoms with Crippen LogP contribution in [-0.4, -0.2) is 68.0 Å². The van der Waals surface area contributed by atoms with Gasteiger partial charge in [0, 0.05) is 26.1 Å². The molecule has 0 heterocycles. The van der Waals surface area contributed by atoms with Gasteiger partial charge in [0.25, 0.3) is 0 Å². The molecular formula is C24H43N3O5Si. The van der Waals surface area contributed by atoms with E-state index in [1.54, 1.807) is 13.1 Å². The van der Waals surface area contributed by atoms with Crippen LogP contribution in [0.15, 0.2) is 25.3 Å². The molecule has 1 aliphatic carbocycles. The Labute approximate surface area is 200 Å². The number of carbonyl (C=O) groups is 3. The number of unbranched alkanes of at least 4 members (excludes halogenated alkanes) is 2. The second-order valence-electron chi connectivity index (χ2n) is 10.4. The fourth-order valence-corrected chi connectivity index (χ4v) is 4.30. The Kier molecular flexibility index (Phi) is 10.4. The Morgan fingerprint density at radius 3 is 2.39 bits per heavy atom. The van der Waals surface area contributed by atoms with E-state index in [4.69, 9.17) is 4.43 Å². The van der Waals surface area contributed by atoms with E-state index in [2.05, 4.69) is 57.7 Å². The second-order valence-corrected chi connectivity index (χ2v) is 15.2. The van der Waals surface area contributed by atoms with Gasteiger partial charge in [0.2, 0.25) is 5.91 Å². The molecule has 3 atom stereocenters. The number of carbonyl (C=O) groups excluding carboxylic acids is 2. The SMILES string of the molecule is C=CCCCCN(C)C(=O)NC(CCO[Si](C)(C)C(C)(C)C)C(=O)NC1(C(=O)O)CC1C=C. The summed E-state index contributed by atoms with van der Waals surface area (Å²) in [5, 5.41) is 15.1. The molecule has 3 unspecified atom stereocenters. The first-order chi connectivity index (χ1) is 15.2. The van der Waals surface area contributed by atoms with Gasteiger partial charge >= 0.3 is 12.0 Å². The number of hydrogen-bond acceptors (Lipinski definition) is 4. The molecule has 1 saturated carbocycles. The summed E-state index contributed by atoms with van der Waals surface area (Å²) >= 11 is 0. The molecule has 9 heteroatoms. The van der Waals surface area contributed by atoms with Crippen molar-refractivity contribution in [1.82, 2.24) is 15.5 Å². The Hall–Kier alpha value is -2.13. The quantitative estimate of drug-likeness (QED) is 0.198. The van der Waals surface area contributed by atoms with Crippen LogP contribution in [0.1, 0.15) is 52.9 Å². The first kappa shape index (κ1) is 28.9. The average Bonchev–Trinajstić information content (AvgIpc) is 3.43. The van der Waals surface area contributed by atoms with Gasteiger partial charge in [0.15, 0.2) is 8.32 Å². The minimum absolute atomic E-state index is 0.0121. The Bertz CT molecular complexity index is 734. The molecule has 1 rings (SSSR count). The van der Waals surface area contributed by atoms with Crippen LogP contribution in [-0.2, 0) is 14.0 Å². The molecular weight excluding hydrogens is 438 g/mol. The Morgan fingerprint density at radius 2 is 1.91 bits per heavy atom. The average molecular weight is 482 g/mol. The smallest absolute Gasteiger partial charge is 0.330 e. The summed E-state index contributed by atoms with van der Waals surface area (Å²) in [6, 6.07) is -1.28. The number of carboxylic acid groups (broad SMARTS) is 1. The van der Waals surface area contributed by atoms with Gasteiger partial charge < -0.3 is 25.1 Å². The fourth-order valence-electron chi connectivity index (χ4n) is 3.24. The van der Waals surface area contributed by atoms with Crippen molar-refractivity contribution in [2.75, 3.05) is 20.2 Å². The summed E-state index contributed by atoms with van der Waals surface area (Å²) in [4.78, 5) is 39.1. The highest BCUT2D eigenvalue weighted by atomic mass is 28.4. The van der Waals surface area contributed by atoms with E-state index < -0.39 is 31.8 Å². The largest absolute Gasteiger partial charge is 0.479 e. The van der Waals surface area contributed by atoms with Gasteiger partial charge in [-0.05, 0) is 50.2 Å². The van der Waals surface area contributed by atoms with E-state index in [-0.39, 0.29) is 23.4 Å². The van der Waals surface area contributed by atoms with Crippen molar-refractivity contribution in [3.8, 4) is 0 Å². The first-order valence-corrected chi connectivity index (χ1v) is 14.6. The van der Waals surface area contributed by atoms with Crippen molar-refractivity contribution in [2.24, 2.45) is 5.92 Å². The lowest BCUT2D eigenvalue weighted by Crippen LogP contribution is -2.56. The summed E-state index contributed by atoms with van der Waals surface area (Å²) in [6.07, 6.45) is 6.56. The topological polar surface area (TPSA) is 108 Å². The van der Waals surface area contributed by atoms with Crippen LogP contribution in [0.2, 0.25) is 18.1 Å². The number of hydrogen-bond donors (Lipinski definition) is 3. The van der Waals surface area contributed by atoms with E-state index in [0.29, 0.717) is 19.6 Å². The third-order valence-corrected chi connectivity index (χ3v) is 11.4. The first-order valence-electron chi connectivity index (χ1n) is 11.7. The maximum Gasteiger partial charge on any atom is 0.330 e. The number of carboxylic acids is 1. The Balaban J connectivity index is 2.86. The highest BCUT2D eigenvalue weighted by Gasteiger charge is 2.60. The van der Waals surface area contributed by atoms with Crippen LogP contribution >= 0.6 is 0 Å². The lowest BCUT2D eigenvalue weighted by molar-refractivity contribution is -0.143. The van der Waals surface area contributed by atoms with Gasteiger partial charge in [0.05, 0.1) is 0 Å². The zero-order valence-electron chi connectivity index (χ0n) is 21.2. The van der Waals surface area contributed by atoms with Crippen LogP contribution in [0.3, 0.4) is 0 Å². The van der Waals surface area contributed by atoms with Crippen LogP contribution < -0.4 is 10.6 Å². The lowest BCUT2D eigenvalue weighted by Gasteiger charge is -2.36. The molecule has 0 aromatic carbocycles. The third-order valence-electron chi connectivity index (χ3n) is 6.82. The standard InChI is InChI=1S/C24H43N3O5Si/c1-9-11-12-13-15-27(6)22(31)25-19(14-16-32-33(7,8)23(3,4)5)20(28)26-24(21(29)30)17-18(24)10-2/h9-10,18-19H,1-2,11-17H2,3-8H3,(H,25,31)(H,26,28)(H,29,30). The fraction of sp³-hybridized carbons (Fsp3) is 0.708. The number of urea groups is 1.